The van der Waals surface area contributed by atoms with Gasteiger partial charge in [-0.2, -0.15) is 0 Å². The smallest absolute Gasteiger partial charge is 0.326 e. The van der Waals surface area contributed by atoms with E-state index in [9.17, 15) is 14.7 Å². The fourth-order valence-electron chi connectivity index (χ4n) is 2.51. The van der Waals surface area contributed by atoms with Gasteiger partial charge in [0.1, 0.15) is 6.04 Å². The Hall–Kier alpha value is -1.40. The van der Waals surface area contributed by atoms with Gasteiger partial charge >= 0.3 is 5.97 Å². The van der Waals surface area contributed by atoms with Crippen molar-refractivity contribution < 1.29 is 19.4 Å². The molecule has 0 spiro atoms. The van der Waals surface area contributed by atoms with Gasteiger partial charge in [0.2, 0.25) is 0 Å². The van der Waals surface area contributed by atoms with Crippen LogP contribution in [0.1, 0.15) is 39.9 Å². The van der Waals surface area contributed by atoms with Crippen molar-refractivity contribution in [3.63, 3.8) is 0 Å². The van der Waals surface area contributed by atoms with Gasteiger partial charge in [0.15, 0.2) is 0 Å². The predicted octanol–water partition coefficient (Wildman–Crippen LogP) is 1.90. The summed E-state index contributed by atoms with van der Waals surface area (Å²) < 4.78 is 5.38. The van der Waals surface area contributed by atoms with Crippen LogP contribution in [-0.4, -0.2) is 40.6 Å². The van der Waals surface area contributed by atoms with E-state index >= 15 is 0 Å². The molecule has 0 saturated heterocycles. The highest BCUT2D eigenvalue weighted by atomic mass is 32.1. The summed E-state index contributed by atoms with van der Waals surface area (Å²) in [6.07, 6.45) is 2.64. The van der Waals surface area contributed by atoms with Gasteiger partial charge in [0, 0.05) is 17.3 Å². The summed E-state index contributed by atoms with van der Waals surface area (Å²) in [5, 5.41) is 9.18. The Morgan fingerprint density at radius 1 is 1.50 bits per heavy atom. The first kappa shape index (κ1) is 13.6. The number of amides is 1. The lowest BCUT2D eigenvalue weighted by Gasteiger charge is -2.25. The number of nitrogens with zero attached hydrogens (tertiary/aromatic N) is 1. The molecule has 2 heterocycles. The summed E-state index contributed by atoms with van der Waals surface area (Å²) in [7, 11) is 0. The molecule has 5 nitrogen and oxygen atoms in total. The van der Waals surface area contributed by atoms with E-state index in [0.717, 1.165) is 24.8 Å². The van der Waals surface area contributed by atoms with E-state index in [4.69, 9.17) is 4.74 Å². The standard InChI is InChI=1S/C14H17NO4S/c1-8(14(17)18)15(10-2-3-10)13(16)12-6-9-7-19-5-4-11(9)20-12/h6,8,10H,2-5,7H2,1H3,(H,17,18). The molecule has 20 heavy (non-hydrogen) atoms. The van der Waals surface area contributed by atoms with Crippen LogP contribution in [0.5, 0.6) is 0 Å². The first-order valence-electron chi connectivity index (χ1n) is 6.82. The first-order valence-corrected chi connectivity index (χ1v) is 7.64. The van der Waals surface area contributed by atoms with Crippen molar-refractivity contribution in [2.24, 2.45) is 0 Å². The molecule has 1 aromatic heterocycles. The number of rotatable bonds is 4. The molecule has 1 unspecified atom stereocenters. The van der Waals surface area contributed by atoms with E-state index in [1.807, 2.05) is 6.07 Å². The zero-order chi connectivity index (χ0) is 14.3. The van der Waals surface area contributed by atoms with Crippen LogP contribution in [0.3, 0.4) is 0 Å². The maximum absolute atomic E-state index is 12.6. The lowest BCUT2D eigenvalue weighted by atomic mass is 10.2. The van der Waals surface area contributed by atoms with Crippen LogP contribution >= 0.6 is 11.3 Å². The third kappa shape index (κ3) is 2.45. The quantitative estimate of drug-likeness (QED) is 0.921. The minimum absolute atomic E-state index is 0.0870. The van der Waals surface area contributed by atoms with E-state index in [-0.39, 0.29) is 11.9 Å². The molecule has 108 valence electrons. The number of hydrogen-bond donors (Lipinski definition) is 1. The van der Waals surface area contributed by atoms with Crippen molar-refractivity contribution in [1.82, 2.24) is 4.90 Å². The largest absolute Gasteiger partial charge is 0.480 e. The second-order valence-corrected chi connectivity index (χ2v) is 6.46. The summed E-state index contributed by atoms with van der Waals surface area (Å²) in [5.74, 6) is -1.10. The van der Waals surface area contributed by atoms with Gasteiger partial charge in [-0.15, -0.1) is 11.3 Å². The molecule has 0 radical (unpaired) electrons. The molecule has 0 bridgehead atoms. The number of thiophene rings is 1. The summed E-state index contributed by atoms with van der Waals surface area (Å²) in [5.41, 5.74) is 1.07. The molecular formula is C14H17NO4S. The van der Waals surface area contributed by atoms with Gasteiger partial charge in [-0.1, -0.05) is 0 Å². The molecule has 1 aliphatic carbocycles. The molecule has 1 N–H and O–H groups in total. The van der Waals surface area contributed by atoms with E-state index in [1.165, 1.54) is 21.1 Å². The maximum atomic E-state index is 12.6. The Labute approximate surface area is 121 Å². The number of carbonyl (C=O) groups is 2. The fraction of sp³-hybridized carbons (Fsp3) is 0.571. The van der Waals surface area contributed by atoms with Crippen LogP contribution < -0.4 is 0 Å². The zero-order valence-corrected chi connectivity index (χ0v) is 12.1. The molecule has 3 rings (SSSR count). The third-order valence-electron chi connectivity index (χ3n) is 3.79. The van der Waals surface area contributed by atoms with Gasteiger partial charge in [-0.3, -0.25) is 4.79 Å². The summed E-state index contributed by atoms with van der Waals surface area (Å²) in [6, 6.07) is 1.18. The predicted molar refractivity (Wildman–Crippen MR) is 74.0 cm³/mol. The van der Waals surface area contributed by atoms with Crippen molar-refractivity contribution in [3.8, 4) is 0 Å². The lowest BCUT2D eigenvalue weighted by molar-refractivity contribution is -0.141. The second-order valence-electron chi connectivity index (χ2n) is 5.32. The summed E-state index contributed by atoms with van der Waals surface area (Å²) in [4.78, 5) is 27.2. The van der Waals surface area contributed by atoms with Crippen molar-refractivity contribution >= 4 is 23.2 Å². The topological polar surface area (TPSA) is 66.8 Å². The van der Waals surface area contributed by atoms with Crippen molar-refractivity contribution in [2.45, 2.75) is 44.9 Å². The Bertz CT molecular complexity index is 526. The fourth-order valence-corrected chi connectivity index (χ4v) is 3.60. The highest BCUT2D eigenvalue weighted by Crippen LogP contribution is 2.33. The van der Waals surface area contributed by atoms with Crippen molar-refractivity contribution in [3.05, 3.63) is 21.4 Å². The molecule has 1 saturated carbocycles. The monoisotopic (exact) mass is 295 g/mol. The maximum Gasteiger partial charge on any atom is 0.326 e. The van der Waals surface area contributed by atoms with Gasteiger partial charge in [0.05, 0.1) is 18.1 Å². The molecule has 1 atom stereocenters. The molecule has 6 heteroatoms. The molecular weight excluding hydrogens is 278 g/mol. The average Bonchev–Trinajstić information content (AvgIpc) is 3.16. The van der Waals surface area contributed by atoms with Crippen LogP contribution in [0.25, 0.3) is 0 Å². The van der Waals surface area contributed by atoms with E-state index < -0.39 is 12.0 Å². The summed E-state index contributed by atoms with van der Waals surface area (Å²) in [6.45, 7) is 2.82. The van der Waals surface area contributed by atoms with Gasteiger partial charge < -0.3 is 14.7 Å². The van der Waals surface area contributed by atoms with Gasteiger partial charge in [-0.25, -0.2) is 4.79 Å². The first-order chi connectivity index (χ1) is 9.58. The van der Waals surface area contributed by atoms with Crippen LogP contribution in [0.4, 0.5) is 0 Å². The SMILES string of the molecule is CC(C(=O)O)N(C(=O)c1cc2c(s1)CCOC2)C1CC1. The lowest BCUT2D eigenvalue weighted by Crippen LogP contribution is -2.44. The van der Waals surface area contributed by atoms with Crippen LogP contribution in [0.15, 0.2) is 6.07 Å². The van der Waals surface area contributed by atoms with E-state index in [1.54, 1.807) is 6.92 Å². The molecule has 0 aromatic carbocycles. The van der Waals surface area contributed by atoms with Crippen LogP contribution in [0.2, 0.25) is 0 Å². The number of ether oxygens (including phenoxy) is 1. The number of carboxylic acids is 1. The number of aliphatic carboxylic acids is 1. The summed E-state index contributed by atoms with van der Waals surface area (Å²) >= 11 is 1.48. The number of fused-ring (bicyclic) bond motifs is 1. The van der Waals surface area contributed by atoms with Crippen molar-refractivity contribution in [2.75, 3.05) is 6.61 Å². The number of hydrogen-bond acceptors (Lipinski definition) is 4. The molecule has 1 fully saturated rings. The Morgan fingerprint density at radius 3 is 2.85 bits per heavy atom. The normalized spacial score (nSPS) is 19.2. The van der Waals surface area contributed by atoms with Crippen molar-refractivity contribution in [1.29, 1.82) is 0 Å². The number of carbonyl (C=O) groups excluding carboxylic acids is 1. The molecule has 1 aliphatic heterocycles. The third-order valence-corrected chi connectivity index (χ3v) is 5.01. The van der Waals surface area contributed by atoms with Crippen LogP contribution in [0, 0.1) is 0 Å². The van der Waals surface area contributed by atoms with Gasteiger partial charge in [0.25, 0.3) is 5.91 Å². The van der Waals surface area contributed by atoms with E-state index in [2.05, 4.69) is 0 Å². The minimum atomic E-state index is -0.949. The Balaban J connectivity index is 1.85. The van der Waals surface area contributed by atoms with Crippen LogP contribution in [-0.2, 0) is 22.6 Å². The molecule has 1 aromatic rings. The molecule has 1 amide bonds. The highest BCUT2D eigenvalue weighted by molar-refractivity contribution is 7.14. The zero-order valence-electron chi connectivity index (χ0n) is 11.3. The molecule has 2 aliphatic rings. The second kappa shape index (κ2) is 5.18. The average molecular weight is 295 g/mol. The van der Waals surface area contributed by atoms with Gasteiger partial charge in [-0.05, 0) is 31.4 Å². The van der Waals surface area contributed by atoms with E-state index in [0.29, 0.717) is 18.1 Å². The minimum Gasteiger partial charge on any atom is -0.480 e. The highest BCUT2D eigenvalue weighted by Gasteiger charge is 2.39. The number of carboxylic acid groups (broad SMARTS) is 1. The Morgan fingerprint density at radius 2 is 2.25 bits per heavy atom. The Kier molecular flexibility index (Phi) is 3.52.